The highest BCUT2D eigenvalue weighted by molar-refractivity contribution is 7.25. The minimum atomic E-state index is -1.41. The van der Waals surface area contributed by atoms with E-state index < -0.39 is 11.4 Å². The van der Waals surface area contributed by atoms with E-state index in [0.717, 1.165) is 0 Å². The van der Waals surface area contributed by atoms with E-state index in [1.165, 1.54) is 0 Å². The molecule has 0 saturated carbocycles. The van der Waals surface area contributed by atoms with Gasteiger partial charge in [-0.3, -0.25) is 15.1 Å². The van der Waals surface area contributed by atoms with Crippen molar-refractivity contribution < 1.29 is 19.2 Å². The first-order valence-corrected chi connectivity index (χ1v) is 6.38. The number of ether oxygens (including phenoxy) is 1. The van der Waals surface area contributed by atoms with E-state index in [1.807, 2.05) is 6.07 Å². The second-order valence-electron chi connectivity index (χ2n) is 4.09. The average Bonchev–Trinajstić information content (AvgIpc) is 2.36. The monoisotopic (exact) mass is 269 g/mol. The van der Waals surface area contributed by atoms with E-state index in [1.54, 1.807) is 31.2 Å². The quantitative estimate of drug-likeness (QED) is 0.586. The first-order valence-electron chi connectivity index (χ1n) is 5.57. The summed E-state index contributed by atoms with van der Waals surface area (Å²) in [7, 11) is -0.368. The van der Waals surface area contributed by atoms with Gasteiger partial charge in [0.05, 0.1) is 0 Å². The van der Waals surface area contributed by atoms with Gasteiger partial charge in [0.15, 0.2) is 0 Å². The van der Waals surface area contributed by atoms with Gasteiger partial charge in [-0.25, -0.2) is 0 Å². The van der Waals surface area contributed by atoms with Crippen LogP contribution in [0.1, 0.15) is 19.8 Å². The summed E-state index contributed by atoms with van der Waals surface area (Å²) in [6.45, 7) is 1.72. The highest BCUT2D eigenvalue weighted by Gasteiger charge is 2.35. The summed E-state index contributed by atoms with van der Waals surface area (Å²) in [4.78, 5) is 10.5. The largest absolute Gasteiger partial charge is 0.481 e. The molecule has 1 aromatic carbocycles. The minimum Gasteiger partial charge on any atom is -0.481 e. The number of aliphatic carboxylic acids is 1. The smallest absolute Gasteiger partial charge is 0.303 e. The van der Waals surface area contributed by atoms with Crippen molar-refractivity contribution >= 4 is 14.4 Å². The third kappa shape index (κ3) is 4.09. The van der Waals surface area contributed by atoms with Gasteiger partial charge in [-0.05, 0) is 18.6 Å². The Kier molecular flexibility index (Phi) is 5.25. The highest BCUT2D eigenvalue weighted by Crippen LogP contribution is 2.32. The minimum absolute atomic E-state index is 0.0339. The fourth-order valence-corrected chi connectivity index (χ4v) is 1.89. The van der Waals surface area contributed by atoms with Gasteiger partial charge < -0.3 is 9.84 Å². The Bertz CT molecular complexity index is 412. The van der Waals surface area contributed by atoms with Gasteiger partial charge in [-0.1, -0.05) is 25.1 Å². The molecular formula is C12H16NO4P. The number of benzene rings is 1. The topological polar surface area (TPSA) is 89.6 Å². The average molecular weight is 269 g/mol. The van der Waals surface area contributed by atoms with Crippen LogP contribution in [0.25, 0.3) is 0 Å². The molecule has 18 heavy (non-hydrogen) atoms. The molecule has 1 aromatic rings. The Morgan fingerprint density at radius 2 is 2.11 bits per heavy atom. The summed E-state index contributed by atoms with van der Waals surface area (Å²) in [5.41, 5.74) is 4.51. The Hall–Kier alpha value is -1.45. The van der Waals surface area contributed by atoms with Crippen molar-refractivity contribution in [3.8, 4) is 5.75 Å². The highest BCUT2D eigenvalue weighted by atomic mass is 31.1. The van der Waals surface area contributed by atoms with Crippen LogP contribution in [0.3, 0.4) is 0 Å². The lowest BCUT2D eigenvalue weighted by molar-refractivity contribution is -0.137. The molecule has 0 bridgehead atoms. The van der Waals surface area contributed by atoms with Crippen molar-refractivity contribution in [2.24, 2.45) is 11.7 Å². The van der Waals surface area contributed by atoms with Crippen molar-refractivity contribution in [2.45, 2.75) is 25.2 Å². The predicted octanol–water partition coefficient (Wildman–Crippen LogP) is 2.47. The SMILES string of the molecule is CC(CCC(=O)O)C(N)(Oc1ccccc1)P=O. The Morgan fingerprint density at radius 1 is 1.50 bits per heavy atom. The molecule has 3 N–H and O–H groups in total. The third-order valence-corrected chi connectivity index (χ3v) is 3.48. The molecule has 0 fully saturated rings. The summed E-state index contributed by atoms with van der Waals surface area (Å²) in [6.07, 6.45) is 0.266. The van der Waals surface area contributed by atoms with Crippen molar-refractivity contribution in [2.75, 3.05) is 0 Å². The predicted molar refractivity (Wildman–Crippen MR) is 67.6 cm³/mol. The lowest BCUT2D eigenvalue weighted by atomic mass is 10.0. The van der Waals surface area contributed by atoms with Gasteiger partial charge in [0, 0.05) is 12.3 Å². The molecule has 5 nitrogen and oxygen atoms in total. The number of carboxylic acids is 1. The Morgan fingerprint density at radius 3 is 2.61 bits per heavy atom. The maximum atomic E-state index is 11.2. The van der Waals surface area contributed by atoms with E-state index >= 15 is 0 Å². The zero-order valence-electron chi connectivity index (χ0n) is 10.1. The molecule has 0 aliphatic rings. The summed E-state index contributed by atoms with van der Waals surface area (Å²) < 4.78 is 16.7. The maximum absolute atomic E-state index is 11.2. The third-order valence-electron chi connectivity index (χ3n) is 2.66. The van der Waals surface area contributed by atoms with Crippen LogP contribution >= 0.6 is 8.46 Å². The Labute approximate surface area is 107 Å². The van der Waals surface area contributed by atoms with Gasteiger partial charge in [-0.2, -0.15) is 0 Å². The summed E-state index contributed by atoms with van der Waals surface area (Å²) >= 11 is 0. The van der Waals surface area contributed by atoms with Crippen molar-refractivity contribution in [1.82, 2.24) is 0 Å². The fourth-order valence-electron chi connectivity index (χ4n) is 1.43. The fraction of sp³-hybridized carbons (Fsp3) is 0.417. The summed E-state index contributed by atoms with van der Waals surface area (Å²) in [5, 5.41) is 8.63. The molecule has 2 atom stereocenters. The normalized spacial score (nSPS) is 15.9. The molecule has 1 rings (SSSR count). The number of para-hydroxylation sites is 1. The molecule has 0 amide bonds. The van der Waals surface area contributed by atoms with E-state index in [-0.39, 0.29) is 20.8 Å². The molecule has 0 radical (unpaired) electrons. The van der Waals surface area contributed by atoms with Crippen molar-refractivity contribution in [3.63, 3.8) is 0 Å². The van der Waals surface area contributed by atoms with E-state index in [9.17, 15) is 9.36 Å². The standard InChI is InChI=1S/C12H16NO4P/c1-9(7-8-11(14)15)12(13,18-16)17-10-5-3-2-4-6-10/h2-6,9H,7-8,13H2,1H3,(H,14,15). The lowest BCUT2D eigenvalue weighted by Crippen LogP contribution is -2.46. The van der Waals surface area contributed by atoms with Crippen LogP contribution in [-0.2, 0) is 9.36 Å². The second-order valence-corrected chi connectivity index (χ2v) is 4.97. The first kappa shape index (κ1) is 14.6. The number of hydrogen-bond acceptors (Lipinski definition) is 4. The van der Waals surface area contributed by atoms with Crippen molar-refractivity contribution in [3.05, 3.63) is 30.3 Å². The van der Waals surface area contributed by atoms with Crippen LogP contribution in [-0.4, -0.2) is 16.5 Å². The number of hydrogen-bond donors (Lipinski definition) is 2. The number of carbonyl (C=O) groups is 1. The number of nitrogens with two attached hydrogens (primary N) is 1. The maximum Gasteiger partial charge on any atom is 0.303 e. The lowest BCUT2D eigenvalue weighted by Gasteiger charge is -2.29. The molecular weight excluding hydrogens is 253 g/mol. The van der Waals surface area contributed by atoms with Crippen LogP contribution in [0.2, 0.25) is 0 Å². The molecule has 6 heteroatoms. The van der Waals surface area contributed by atoms with Gasteiger partial charge in [-0.15, -0.1) is 0 Å². The van der Waals surface area contributed by atoms with Gasteiger partial charge in [0.1, 0.15) is 5.75 Å². The van der Waals surface area contributed by atoms with Crippen LogP contribution in [0.15, 0.2) is 30.3 Å². The van der Waals surface area contributed by atoms with Crippen LogP contribution in [0.5, 0.6) is 5.75 Å². The second kappa shape index (κ2) is 6.47. The molecule has 0 heterocycles. The number of carboxylic acid groups (broad SMARTS) is 1. The Balaban J connectivity index is 2.72. The zero-order chi connectivity index (χ0) is 13.6. The van der Waals surface area contributed by atoms with Crippen LogP contribution in [0, 0.1) is 5.92 Å². The number of rotatable bonds is 7. The molecule has 0 saturated heterocycles. The van der Waals surface area contributed by atoms with E-state index in [2.05, 4.69) is 0 Å². The summed E-state index contributed by atoms with van der Waals surface area (Å²) in [5.74, 6) is -0.759. The van der Waals surface area contributed by atoms with Crippen LogP contribution in [0.4, 0.5) is 0 Å². The molecule has 0 aromatic heterocycles. The van der Waals surface area contributed by atoms with Gasteiger partial charge >= 0.3 is 5.97 Å². The zero-order valence-corrected chi connectivity index (χ0v) is 11.0. The molecule has 0 aliphatic heterocycles. The van der Waals surface area contributed by atoms with E-state index in [0.29, 0.717) is 12.2 Å². The van der Waals surface area contributed by atoms with Crippen LogP contribution < -0.4 is 10.5 Å². The molecule has 0 aliphatic carbocycles. The molecule has 98 valence electrons. The first-order chi connectivity index (χ1) is 8.48. The van der Waals surface area contributed by atoms with Gasteiger partial charge in [0.25, 0.3) is 0 Å². The summed E-state index contributed by atoms with van der Waals surface area (Å²) in [6, 6.07) is 8.79. The molecule has 0 spiro atoms. The molecule has 2 unspecified atom stereocenters. The van der Waals surface area contributed by atoms with Crippen molar-refractivity contribution in [1.29, 1.82) is 0 Å². The van der Waals surface area contributed by atoms with Gasteiger partial charge in [0.2, 0.25) is 13.9 Å². The van der Waals surface area contributed by atoms with E-state index in [4.69, 9.17) is 15.6 Å².